The molecule has 0 bridgehead atoms. The van der Waals surface area contributed by atoms with Gasteiger partial charge < -0.3 is 0 Å². The van der Waals surface area contributed by atoms with Crippen LogP contribution in [-0.2, 0) is 0 Å². The summed E-state index contributed by atoms with van der Waals surface area (Å²) < 4.78 is 0. The maximum absolute atomic E-state index is 4.24. The summed E-state index contributed by atoms with van der Waals surface area (Å²) in [5.41, 5.74) is 2.90. The van der Waals surface area contributed by atoms with Gasteiger partial charge in [0.2, 0.25) is 0 Å². The molecule has 0 unspecified atom stereocenters. The zero-order valence-electron chi connectivity index (χ0n) is 9.89. The van der Waals surface area contributed by atoms with Gasteiger partial charge in [0.05, 0.1) is 17.0 Å². The molecule has 0 radical (unpaired) electrons. The van der Waals surface area contributed by atoms with Gasteiger partial charge in [-0.1, -0.05) is 19.8 Å². The average Bonchev–Trinajstić information content (AvgIpc) is 2.14. The van der Waals surface area contributed by atoms with E-state index in [1.54, 1.807) is 0 Å². The van der Waals surface area contributed by atoms with Crippen molar-refractivity contribution >= 4 is 0 Å². The van der Waals surface area contributed by atoms with Crippen molar-refractivity contribution in [2.45, 2.75) is 41.5 Å². The predicted molar refractivity (Wildman–Crippen MR) is 60.1 cm³/mol. The first-order chi connectivity index (χ1) is 6.65. The molecule has 0 aliphatic heterocycles. The number of nitrogens with zero attached hydrogens (tertiary/aromatic N) is 2. The molecule has 0 saturated heterocycles. The minimum absolute atomic E-state index is 0.812. The second-order valence-electron chi connectivity index (χ2n) is 2.69. The van der Waals surface area contributed by atoms with Gasteiger partial charge in [0.25, 0.3) is 0 Å². The van der Waals surface area contributed by atoms with Crippen LogP contribution in [-0.4, -0.2) is 9.97 Å². The van der Waals surface area contributed by atoms with Crippen LogP contribution < -0.4 is 0 Å². The van der Waals surface area contributed by atoms with Gasteiger partial charge in [-0.2, -0.15) is 0 Å². The highest BCUT2D eigenvalue weighted by molar-refractivity contribution is 5.40. The Bertz CT molecular complexity index is 333. The highest BCUT2D eigenvalue weighted by Gasteiger charge is 2.02. The maximum Gasteiger partial charge on any atom is 0.125 e. The molecule has 2 heteroatoms. The number of hydrogen-bond acceptors (Lipinski definition) is 2. The molecule has 14 heavy (non-hydrogen) atoms. The van der Waals surface area contributed by atoms with Gasteiger partial charge in [-0.25, -0.2) is 9.97 Å². The zero-order chi connectivity index (χ0) is 11.1. The predicted octanol–water partition coefficient (Wildman–Crippen LogP) is 2.80. The summed E-state index contributed by atoms with van der Waals surface area (Å²) >= 11 is 0. The smallest absolute Gasteiger partial charge is 0.125 e. The molecule has 0 aromatic carbocycles. The maximum atomic E-state index is 4.24. The van der Waals surface area contributed by atoms with Gasteiger partial charge in [-0.05, 0) is 27.7 Å². The molecular formula is C12H18N2. The molecule has 76 valence electrons. The molecule has 0 N–H and O–H groups in total. The van der Waals surface area contributed by atoms with Crippen LogP contribution in [0.3, 0.4) is 0 Å². The van der Waals surface area contributed by atoms with Gasteiger partial charge in [0.15, 0.2) is 0 Å². The van der Waals surface area contributed by atoms with Crippen LogP contribution in [0.4, 0.5) is 0 Å². The topological polar surface area (TPSA) is 25.8 Å². The average molecular weight is 190 g/mol. The Morgan fingerprint density at radius 3 is 1.71 bits per heavy atom. The minimum atomic E-state index is 0.812. The van der Waals surface area contributed by atoms with Crippen molar-refractivity contribution in [1.82, 2.24) is 9.97 Å². The molecule has 1 aromatic heterocycles. The number of aryl methyl sites for hydroxylation is 3. The van der Waals surface area contributed by atoms with E-state index in [9.17, 15) is 0 Å². The van der Waals surface area contributed by atoms with Gasteiger partial charge in [-0.15, -0.1) is 5.92 Å². The Balaban J connectivity index is 0.000000791. The summed E-state index contributed by atoms with van der Waals surface area (Å²) in [6.07, 6.45) is 0. The van der Waals surface area contributed by atoms with Gasteiger partial charge in [-0.3, -0.25) is 0 Å². The van der Waals surface area contributed by atoms with Crippen molar-refractivity contribution in [3.05, 3.63) is 22.8 Å². The van der Waals surface area contributed by atoms with Crippen LogP contribution in [0.25, 0.3) is 0 Å². The second kappa shape index (κ2) is 6.15. The molecule has 0 atom stereocenters. The van der Waals surface area contributed by atoms with Crippen molar-refractivity contribution in [2.24, 2.45) is 0 Å². The first kappa shape index (κ1) is 12.6. The highest BCUT2D eigenvalue weighted by atomic mass is 14.9. The summed E-state index contributed by atoms with van der Waals surface area (Å²) in [6.45, 7) is 11.6. The lowest BCUT2D eigenvalue weighted by atomic mass is 10.2. The van der Waals surface area contributed by atoms with E-state index in [0.29, 0.717) is 0 Å². The number of rotatable bonds is 0. The standard InChI is InChI=1S/C10H12N2.C2H6/c1-5-6-10-7(2)11-9(4)12-8(10)3;1-2/h1-4H3;1-2H3. The van der Waals surface area contributed by atoms with Crippen molar-refractivity contribution in [3.8, 4) is 11.8 Å². The Morgan fingerprint density at radius 2 is 1.36 bits per heavy atom. The Kier molecular flexibility index (Phi) is 5.55. The van der Waals surface area contributed by atoms with E-state index >= 15 is 0 Å². The SMILES string of the molecule is CC.CC#Cc1c(C)nc(C)nc1C. The number of aromatic nitrogens is 2. The molecule has 1 aromatic rings. The Hall–Kier alpha value is -1.36. The lowest BCUT2D eigenvalue weighted by Crippen LogP contribution is -1.99. The van der Waals surface area contributed by atoms with Crippen LogP contribution in [0.15, 0.2) is 0 Å². The summed E-state index contributed by atoms with van der Waals surface area (Å²) in [7, 11) is 0. The van der Waals surface area contributed by atoms with Crippen LogP contribution in [0, 0.1) is 32.6 Å². The van der Waals surface area contributed by atoms with Crippen molar-refractivity contribution < 1.29 is 0 Å². The van der Waals surface area contributed by atoms with Crippen LogP contribution in [0.5, 0.6) is 0 Å². The van der Waals surface area contributed by atoms with E-state index in [0.717, 1.165) is 22.8 Å². The monoisotopic (exact) mass is 190 g/mol. The fourth-order valence-electron chi connectivity index (χ4n) is 1.19. The summed E-state index contributed by atoms with van der Waals surface area (Å²) in [6, 6.07) is 0. The van der Waals surface area contributed by atoms with Crippen molar-refractivity contribution in [1.29, 1.82) is 0 Å². The fraction of sp³-hybridized carbons (Fsp3) is 0.500. The summed E-state index contributed by atoms with van der Waals surface area (Å²) in [5.74, 6) is 6.66. The van der Waals surface area contributed by atoms with Crippen LogP contribution >= 0.6 is 0 Å². The summed E-state index contributed by atoms with van der Waals surface area (Å²) in [4.78, 5) is 8.48. The van der Waals surface area contributed by atoms with E-state index in [4.69, 9.17) is 0 Å². The van der Waals surface area contributed by atoms with Gasteiger partial charge in [0, 0.05) is 0 Å². The molecule has 1 heterocycles. The third kappa shape index (κ3) is 3.18. The quantitative estimate of drug-likeness (QED) is 0.588. The number of hydrogen-bond donors (Lipinski definition) is 0. The summed E-state index contributed by atoms with van der Waals surface area (Å²) in [5, 5.41) is 0. The van der Waals surface area contributed by atoms with Gasteiger partial charge >= 0.3 is 0 Å². The van der Waals surface area contributed by atoms with E-state index in [2.05, 4.69) is 21.8 Å². The van der Waals surface area contributed by atoms with E-state index < -0.39 is 0 Å². The third-order valence-electron chi connectivity index (χ3n) is 1.63. The zero-order valence-corrected chi connectivity index (χ0v) is 9.89. The molecule has 1 rings (SSSR count). The normalized spacial score (nSPS) is 8.14. The van der Waals surface area contributed by atoms with Crippen LogP contribution in [0.1, 0.15) is 43.5 Å². The van der Waals surface area contributed by atoms with Gasteiger partial charge in [0.1, 0.15) is 5.82 Å². The Morgan fingerprint density at radius 1 is 0.929 bits per heavy atom. The second-order valence-corrected chi connectivity index (χ2v) is 2.69. The Labute approximate surface area is 86.8 Å². The van der Waals surface area contributed by atoms with E-state index in [1.807, 2.05) is 41.5 Å². The molecular weight excluding hydrogens is 172 g/mol. The molecule has 2 nitrogen and oxygen atoms in total. The van der Waals surface area contributed by atoms with E-state index in [1.165, 1.54) is 0 Å². The largest absolute Gasteiger partial charge is 0.237 e. The molecule has 0 saturated carbocycles. The molecule has 0 spiro atoms. The first-order valence-corrected chi connectivity index (χ1v) is 4.89. The minimum Gasteiger partial charge on any atom is -0.237 e. The lowest BCUT2D eigenvalue weighted by Gasteiger charge is -2.02. The van der Waals surface area contributed by atoms with Crippen LogP contribution in [0.2, 0.25) is 0 Å². The van der Waals surface area contributed by atoms with Crippen molar-refractivity contribution in [2.75, 3.05) is 0 Å². The molecule has 0 aliphatic rings. The van der Waals surface area contributed by atoms with Crippen molar-refractivity contribution in [3.63, 3.8) is 0 Å². The molecule has 0 amide bonds. The first-order valence-electron chi connectivity index (χ1n) is 4.89. The molecule has 0 fully saturated rings. The third-order valence-corrected chi connectivity index (χ3v) is 1.63. The highest BCUT2D eigenvalue weighted by Crippen LogP contribution is 2.07. The fourth-order valence-corrected chi connectivity index (χ4v) is 1.19. The van der Waals surface area contributed by atoms with E-state index in [-0.39, 0.29) is 0 Å². The lowest BCUT2D eigenvalue weighted by molar-refractivity contribution is 0.967. The molecule has 0 aliphatic carbocycles.